The molecule has 5 nitrogen and oxygen atoms in total. The van der Waals surface area contributed by atoms with Crippen molar-refractivity contribution >= 4 is 33.4 Å². The Morgan fingerprint density at radius 2 is 1.85 bits per heavy atom. The van der Waals surface area contributed by atoms with Crippen molar-refractivity contribution < 1.29 is 0 Å². The van der Waals surface area contributed by atoms with Gasteiger partial charge in [-0.1, -0.05) is 43.7 Å². The summed E-state index contributed by atoms with van der Waals surface area (Å²) in [5.41, 5.74) is 16.9. The first-order chi connectivity index (χ1) is 12.7. The van der Waals surface area contributed by atoms with E-state index in [1.165, 1.54) is 0 Å². The first kappa shape index (κ1) is 16.4. The number of benzene rings is 2. The molecule has 132 valence electrons. The predicted molar refractivity (Wildman–Crippen MR) is 108 cm³/mol. The molecule has 5 heteroatoms. The number of hydrogen-bond acceptors (Lipinski definition) is 4. The third-order valence-corrected chi connectivity index (χ3v) is 4.74. The fourth-order valence-corrected chi connectivity index (χ4v) is 3.48. The summed E-state index contributed by atoms with van der Waals surface area (Å²) in [6.07, 6.45) is 3.13. The second-order valence-electron chi connectivity index (χ2n) is 6.67. The van der Waals surface area contributed by atoms with Crippen LogP contribution < -0.4 is 11.5 Å². The van der Waals surface area contributed by atoms with Crippen molar-refractivity contribution in [1.82, 2.24) is 14.5 Å². The van der Waals surface area contributed by atoms with Gasteiger partial charge in [0.1, 0.15) is 11.3 Å². The lowest BCUT2D eigenvalue weighted by molar-refractivity contribution is 0.691. The van der Waals surface area contributed by atoms with Crippen molar-refractivity contribution in [1.29, 1.82) is 0 Å². The molecule has 4 aromatic rings. The van der Waals surface area contributed by atoms with Crippen LogP contribution in [0.25, 0.3) is 21.9 Å². The standard InChI is InChI=1S/C21H23N5/c1-2-3-11-18-25-19-20(16-9-4-5-10-17(16)24-21(19)23)26(18)13-14-7-6-8-15(22)12-14/h4-10,12H,2-3,11,13,22H2,1H3,(H2,23,24). The van der Waals surface area contributed by atoms with Gasteiger partial charge in [0.05, 0.1) is 11.0 Å². The molecular formula is C21H23N5. The first-order valence-corrected chi connectivity index (χ1v) is 9.05. The molecule has 26 heavy (non-hydrogen) atoms. The minimum atomic E-state index is 0.489. The van der Waals surface area contributed by atoms with E-state index < -0.39 is 0 Å². The minimum Gasteiger partial charge on any atom is -0.399 e. The minimum absolute atomic E-state index is 0.489. The van der Waals surface area contributed by atoms with Crippen LogP contribution in [0.1, 0.15) is 31.2 Å². The molecule has 0 bridgehead atoms. The third-order valence-electron chi connectivity index (χ3n) is 4.74. The van der Waals surface area contributed by atoms with E-state index >= 15 is 0 Å². The number of nitrogen functional groups attached to an aromatic ring is 2. The molecule has 0 aliphatic rings. The number of anilines is 2. The average molecular weight is 345 g/mol. The molecule has 2 aromatic heterocycles. The average Bonchev–Trinajstić information content (AvgIpc) is 2.99. The summed E-state index contributed by atoms with van der Waals surface area (Å²) in [5.74, 6) is 1.54. The number of imidazole rings is 1. The van der Waals surface area contributed by atoms with Crippen LogP contribution in [0.2, 0.25) is 0 Å². The first-order valence-electron chi connectivity index (χ1n) is 9.05. The van der Waals surface area contributed by atoms with Crippen LogP contribution in [-0.2, 0) is 13.0 Å². The Labute approximate surface area is 152 Å². The van der Waals surface area contributed by atoms with Crippen molar-refractivity contribution in [2.45, 2.75) is 32.7 Å². The van der Waals surface area contributed by atoms with Gasteiger partial charge in [-0.15, -0.1) is 0 Å². The highest BCUT2D eigenvalue weighted by molar-refractivity contribution is 6.06. The number of aryl methyl sites for hydroxylation is 1. The third kappa shape index (κ3) is 2.86. The van der Waals surface area contributed by atoms with Gasteiger partial charge in [0.15, 0.2) is 5.82 Å². The molecule has 0 radical (unpaired) electrons. The molecule has 0 saturated heterocycles. The fourth-order valence-electron chi connectivity index (χ4n) is 3.48. The number of para-hydroxylation sites is 1. The highest BCUT2D eigenvalue weighted by atomic mass is 15.1. The van der Waals surface area contributed by atoms with Crippen LogP contribution in [0, 0.1) is 0 Å². The zero-order chi connectivity index (χ0) is 18.1. The van der Waals surface area contributed by atoms with Crippen molar-refractivity contribution in [3.8, 4) is 0 Å². The van der Waals surface area contributed by atoms with Crippen LogP contribution in [-0.4, -0.2) is 14.5 Å². The monoisotopic (exact) mass is 345 g/mol. The van der Waals surface area contributed by atoms with Crippen LogP contribution in [0.15, 0.2) is 48.5 Å². The number of pyridine rings is 1. The Balaban J connectivity index is 1.97. The summed E-state index contributed by atoms with van der Waals surface area (Å²) in [6, 6.07) is 16.1. The predicted octanol–water partition coefficient (Wildman–Crippen LogP) is 4.14. The topological polar surface area (TPSA) is 82.8 Å². The second-order valence-corrected chi connectivity index (χ2v) is 6.67. The Kier molecular flexibility index (Phi) is 4.21. The zero-order valence-electron chi connectivity index (χ0n) is 14.9. The number of aromatic nitrogens is 3. The largest absolute Gasteiger partial charge is 0.399 e. The highest BCUT2D eigenvalue weighted by Gasteiger charge is 2.17. The van der Waals surface area contributed by atoms with Crippen LogP contribution >= 0.6 is 0 Å². The lowest BCUT2D eigenvalue weighted by atomic mass is 10.1. The molecule has 0 fully saturated rings. The Hall–Kier alpha value is -3.08. The lowest BCUT2D eigenvalue weighted by Crippen LogP contribution is -2.06. The molecule has 0 unspecified atom stereocenters. The van der Waals surface area contributed by atoms with Crippen molar-refractivity contribution in [3.05, 3.63) is 59.9 Å². The summed E-state index contributed by atoms with van der Waals surface area (Å²) in [7, 11) is 0. The van der Waals surface area contributed by atoms with Crippen molar-refractivity contribution in [3.63, 3.8) is 0 Å². The molecule has 2 aromatic carbocycles. The molecule has 0 aliphatic heterocycles. The maximum Gasteiger partial charge on any atom is 0.152 e. The summed E-state index contributed by atoms with van der Waals surface area (Å²) in [6.45, 7) is 2.91. The molecule has 0 amide bonds. The normalized spacial score (nSPS) is 11.4. The van der Waals surface area contributed by atoms with Gasteiger partial charge < -0.3 is 16.0 Å². The zero-order valence-corrected chi connectivity index (χ0v) is 14.9. The van der Waals surface area contributed by atoms with E-state index in [1.54, 1.807) is 0 Å². The number of unbranched alkanes of at least 4 members (excludes halogenated alkanes) is 1. The summed E-state index contributed by atoms with van der Waals surface area (Å²) < 4.78 is 2.28. The molecule has 4 N–H and O–H groups in total. The number of rotatable bonds is 5. The SMILES string of the molecule is CCCCc1nc2c(N)nc3ccccc3c2n1Cc1cccc(N)c1. The molecule has 0 aliphatic carbocycles. The molecule has 2 heterocycles. The Morgan fingerprint density at radius 1 is 1.00 bits per heavy atom. The van der Waals surface area contributed by atoms with Gasteiger partial charge in [-0.2, -0.15) is 0 Å². The van der Waals surface area contributed by atoms with Crippen LogP contribution in [0.5, 0.6) is 0 Å². The van der Waals surface area contributed by atoms with E-state index in [4.69, 9.17) is 16.5 Å². The van der Waals surface area contributed by atoms with Crippen LogP contribution in [0.4, 0.5) is 11.5 Å². The Morgan fingerprint density at radius 3 is 2.65 bits per heavy atom. The van der Waals surface area contributed by atoms with Gasteiger partial charge in [-0.05, 0) is 30.2 Å². The van der Waals surface area contributed by atoms with Crippen LogP contribution in [0.3, 0.4) is 0 Å². The molecule has 0 saturated carbocycles. The molecule has 4 rings (SSSR count). The van der Waals surface area contributed by atoms with Gasteiger partial charge in [0.25, 0.3) is 0 Å². The smallest absolute Gasteiger partial charge is 0.152 e. The van der Waals surface area contributed by atoms with Gasteiger partial charge in [0, 0.05) is 24.0 Å². The maximum absolute atomic E-state index is 6.24. The summed E-state index contributed by atoms with van der Waals surface area (Å²) in [4.78, 5) is 9.40. The van der Waals surface area contributed by atoms with E-state index in [-0.39, 0.29) is 0 Å². The van der Waals surface area contributed by atoms with Crippen molar-refractivity contribution in [2.75, 3.05) is 11.5 Å². The van der Waals surface area contributed by atoms with Gasteiger partial charge in [-0.25, -0.2) is 9.97 Å². The molecule has 0 atom stereocenters. The fraction of sp³-hybridized carbons (Fsp3) is 0.238. The Bertz CT molecular complexity index is 1080. The van der Waals surface area contributed by atoms with Gasteiger partial charge >= 0.3 is 0 Å². The maximum atomic E-state index is 6.24. The molecular weight excluding hydrogens is 322 g/mol. The number of nitrogens with two attached hydrogens (primary N) is 2. The summed E-state index contributed by atoms with van der Waals surface area (Å²) in [5, 5.41) is 1.08. The number of nitrogens with zero attached hydrogens (tertiary/aromatic N) is 3. The summed E-state index contributed by atoms with van der Waals surface area (Å²) >= 11 is 0. The van der Waals surface area contributed by atoms with E-state index in [1.807, 2.05) is 36.4 Å². The highest BCUT2D eigenvalue weighted by Crippen LogP contribution is 2.30. The van der Waals surface area contributed by atoms with E-state index in [9.17, 15) is 0 Å². The van der Waals surface area contributed by atoms with E-state index in [0.29, 0.717) is 12.4 Å². The van der Waals surface area contributed by atoms with Crippen molar-refractivity contribution in [2.24, 2.45) is 0 Å². The number of fused-ring (bicyclic) bond motifs is 3. The number of hydrogen-bond donors (Lipinski definition) is 2. The second kappa shape index (κ2) is 6.67. The molecule has 0 spiro atoms. The lowest BCUT2D eigenvalue weighted by Gasteiger charge is -2.11. The van der Waals surface area contributed by atoms with E-state index in [0.717, 1.165) is 58.3 Å². The quantitative estimate of drug-likeness (QED) is 0.533. The van der Waals surface area contributed by atoms with Gasteiger partial charge in [-0.3, -0.25) is 0 Å². The van der Waals surface area contributed by atoms with Gasteiger partial charge in [0.2, 0.25) is 0 Å². The van der Waals surface area contributed by atoms with E-state index in [2.05, 4.69) is 28.6 Å².